The maximum atomic E-state index is 5.53. The van der Waals surface area contributed by atoms with E-state index in [0.717, 1.165) is 12.2 Å². The van der Waals surface area contributed by atoms with Crippen LogP contribution in [0.5, 0.6) is 5.75 Å². The molecular formula is C18H23NO. The maximum absolute atomic E-state index is 5.53. The zero-order valence-electron chi connectivity index (χ0n) is 12.5. The summed E-state index contributed by atoms with van der Waals surface area (Å²) in [5.74, 6) is 0.934. The van der Waals surface area contributed by atoms with Crippen molar-refractivity contribution in [2.24, 2.45) is 0 Å². The lowest BCUT2D eigenvalue weighted by molar-refractivity contribution is 0.340. The van der Waals surface area contributed by atoms with Gasteiger partial charge in [-0.1, -0.05) is 37.3 Å². The van der Waals surface area contributed by atoms with E-state index in [2.05, 4.69) is 61.6 Å². The first-order valence-corrected chi connectivity index (χ1v) is 7.29. The number of benzene rings is 2. The molecule has 0 aliphatic carbocycles. The van der Waals surface area contributed by atoms with Gasteiger partial charge in [-0.2, -0.15) is 0 Å². The first kappa shape index (κ1) is 14.4. The molecule has 1 N–H and O–H groups in total. The minimum atomic E-state index is 0.341. The van der Waals surface area contributed by atoms with E-state index in [1.54, 1.807) is 0 Å². The van der Waals surface area contributed by atoms with Crippen molar-refractivity contribution in [3.8, 4) is 5.75 Å². The normalized spacial score (nSPS) is 11.9. The van der Waals surface area contributed by atoms with Gasteiger partial charge in [0.15, 0.2) is 0 Å². The summed E-state index contributed by atoms with van der Waals surface area (Å²) in [5, 5.41) is 3.63. The number of nitrogens with one attached hydrogen (secondary N) is 1. The van der Waals surface area contributed by atoms with E-state index in [9.17, 15) is 0 Å². The van der Waals surface area contributed by atoms with Crippen LogP contribution in [0.4, 0.5) is 5.69 Å². The Bertz CT molecular complexity index is 536. The Kier molecular flexibility index (Phi) is 5.05. The highest BCUT2D eigenvalue weighted by atomic mass is 16.5. The van der Waals surface area contributed by atoms with E-state index < -0.39 is 0 Å². The average molecular weight is 269 g/mol. The third-order valence-corrected chi connectivity index (χ3v) is 3.45. The van der Waals surface area contributed by atoms with Crippen molar-refractivity contribution < 1.29 is 4.74 Å². The van der Waals surface area contributed by atoms with E-state index in [1.165, 1.54) is 16.8 Å². The molecule has 2 rings (SSSR count). The number of anilines is 1. The third-order valence-electron chi connectivity index (χ3n) is 3.45. The largest absolute Gasteiger partial charge is 0.494 e. The Balaban J connectivity index is 2.16. The second kappa shape index (κ2) is 6.99. The molecule has 0 amide bonds. The molecule has 0 spiro atoms. The summed E-state index contributed by atoms with van der Waals surface area (Å²) in [6.45, 7) is 7.02. The molecule has 20 heavy (non-hydrogen) atoms. The van der Waals surface area contributed by atoms with Crippen LogP contribution < -0.4 is 10.1 Å². The zero-order chi connectivity index (χ0) is 14.4. The summed E-state index contributed by atoms with van der Waals surface area (Å²) >= 11 is 0. The Hall–Kier alpha value is -1.96. The summed E-state index contributed by atoms with van der Waals surface area (Å²) in [7, 11) is 0. The number of hydrogen-bond donors (Lipinski definition) is 1. The Morgan fingerprint density at radius 2 is 1.80 bits per heavy atom. The number of rotatable bonds is 6. The molecule has 2 nitrogen and oxygen atoms in total. The van der Waals surface area contributed by atoms with Gasteiger partial charge in [0.2, 0.25) is 0 Å². The van der Waals surface area contributed by atoms with Gasteiger partial charge >= 0.3 is 0 Å². The van der Waals surface area contributed by atoms with Crippen LogP contribution in [0.3, 0.4) is 0 Å². The van der Waals surface area contributed by atoms with Crippen LogP contribution in [0.1, 0.15) is 37.4 Å². The predicted molar refractivity (Wildman–Crippen MR) is 85.4 cm³/mol. The average Bonchev–Trinajstić information content (AvgIpc) is 2.48. The summed E-state index contributed by atoms with van der Waals surface area (Å²) in [6.07, 6.45) is 1.05. The molecule has 1 atom stereocenters. The highest BCUT2D eigenvalue weighted by molar-refractivity contribution is 5.55. The van der Waals surface area contributed by atoms with Crippen LogP contribution >= 0.6 is 0 Å². The van der Waals surface area contributed by atoms with Gasteiger partial charge in [-0.25, -0.2) is 0 Å². The van der Waals surface area contributed by atoms with Crippen molar-refractivity contribution in [3.05, 3.63) is 59.7 Å². The quantitative estimate of drug-likeness (QED) is 0.800. The van der Waals surface area contributed by atoms with E-state index in [1.807, 2.05) is 13.0 Å². The van der Waals surface area contributed by atoms with Crippen molar-refractivity contribution in [3.63, 3.8) is 0 Å². The summed E-state index contributed by atoms with van der Waals surface area (Å²) < 4.78 is 5.53. The molecule has 0 bridgehead atoms. The summed E-state index contributed by atoms with van der Waals surface area (Å²) in [5.41, 5.74) is 3.71. The van der Waals surface area contributed by atoms with E-state index in [4.69, 9.17) is 4.74 Å². The number of hydrogen-bond acceptors (Lipinski definition) is 2. The lowest BCUT2D eigenvalue weighted by Gasteiger charge is -2.20. The fraction of sp³-hybridized carbons (Fsp3) is 0.333. The molecular weight excluding hydrogens is 246 g/mol. The van der Waals surface area contributed by atoms with E-state index in [-0.39, 0.29) is 0 Å². The van der Waals surface area contributed by atoms with Crippen molar-refractivity contribution in [2.75, 3.05) is 11.9 Å². The molecule has 2 aromatic carbocycles. The van der Waals surface area contributed by atoms with Gasteiger partial charge in [0, 0.05) is 5.69 Å². The molecule has 0 heterocycles. The minimum absolute atomic E-state index is 0.341. The Labute approximate surface area is 121 Å². The van der Waals surface area contributed by atoms with Gasteiger partial charge in [0.1, 0.15) is 5.75 Å². The Morgan fingerprint density at radius 1 is 1.05 bits per heavy atom. The SMILES string of the molecule is CCOc1ccc(NC(CC)c2ccccc2)c(C)c1. The van der Waals surface area contributed by atoms with Gasteiger partial charge in [-0.15, -0.1) is 0 Å². The van der Waals surface area contributed by atoms with Crippen LogP contribution in [0.25, 0.3) is 0 Å². The zero-order valence-corrected chi connectivity index (χ0v) is 12.5. The van der Waals surface area contributed by atoms with Gasteiger partial charge in [-0.3, -0.25) is 0 Å². The van der Waals surface area contributed by atoms with Crippen molar-refractivity contribution in [1.29, 1.82) is 0 Å². The van der Waals surface area contributed by atoms with Crippen molar-refractivity contribution in [1.82, 2.24) is 0 Å². The van der Waals surface area contributed by atoms with Crippen molar-refractivity contribution >= 4 is 5.69 Å². The van der Waals surface area contributed by atoms with Crippen LogP contribution in [0.15, 0.2) is 48.5 Å². The molecule has 0 aliphatic heterocycles. The second-order valence-corrected chi connectivity index (χ2v) is 4.93. The predicted octanol–water partition coefficient (Wildman–Crippen LogP) is 4.96. The molecule has 0 aliphatic rings. The van der Waals surface area contributed by atoms with Crippen LogP contribution in [0.2, 0.25) is 0 Å². The fourth-order valence-electron chi connectivity index (χ4n) is 2.35. The molecule has 0 radical (unpaired) electrons. The molecule has 0 fully saturated rings. The summed E-state index contributed by atoms with van der Waals surface area (Å²) in [6, 6.07) is 17.1. The highest BCUT2D eigenvalue weighted by Gasteiger charge is 2.10. The standard InChI is InChI=1S/C18H23NO/c1-4-17(15-9-7-6-8-10-15)19-18-12-11-16(20-5-2)13-14(18)3/h6-13,17,19H,4-5H2,1-3H3. The van der Waals surface area contributed by atoms with E-state index >= 15 is 0 Å². The molecule has 0 saturated heterocycles. The first-order valence-electron chi connectivity index (χ1n) is 7.29. The van der Waals surface area contributed by atoms with Crippen molar-refractivity contribution in [2.45, 2.75) is 33.2 Å². The van der Waals surface area contributed by atoms with E-state index in [0.29, 0.717) is 12.6 Å². The molecule has 0 aromatic heterocycles. The third kappa shape index (κ3) is 3.53. The van der Waals surface area contributed by atoms with Crippen LogP contribution in [-0.2, 0) is 0 Å². The smallest absolute Gasteiger partial charge is 0.119 e. The molecule has 2 aromatic rings. The van der Waals surface area contributed by atoms with Crippen LogP contribution in [0, 0.1) is 6.92 Å². The lowest BCUT2D eigenvalue weighted by Crippen LogP contribution is -2.10. The highest BCUT2D eigenvalue weighted by Crippen LogP contribution is 2.27. The maximum Gasteiger partial charge on any atom is 0.119 e. The van der Waals surface area contributed by atoms with Gasteiger partial charge in [-0.05, 0) is 49.6 Å². The molecule has 0 saturated carbocycles. The van der Waals surface area contributed by atoms with Gasteiger partial charge < -0.3 is 10.1 Å². The summed E-state index contributed by atoms with van der Waals surface area (Å²) in [4.78, 5) is 0. The molecule has 2 heteroatoms. The second-order valence-electron chi connectivity index (χ2n) is 4.93. The lowest BCUT2D eigenvalue weighted by atomic mass is 10.0. The fourth-order valence-corrected chi connectivity index (χ4v) is 2.35. The number of ether oxygens (including phenoxy) is 1. The monoisotopic (exact) mass is 269 g/mol. The minimum Gasteiger partial charge on any atom is -0.494 e. The van der Waals surface area contributed by atoms with Gasteiger partial charge in [0.05, 0.1) is 12.6 Å². The van der Waals surface area contributed by atoms with Crippen LogP contribution in [-0.4, -0.2) is 6.61 Å². The topological polar surface area (TPSA) is 21.3 Å². The van der Waals surface area contributed by atoms with Gasteiger partial charge in [0.25, 0.3) is 0 Å². The molecule has 106 valence electrons. The number of aryl methyl sites for hydroxylation is 1. The first-order chi connectivity index (χ1) is 9.74. The molecule has 1 unspecified atom stereocenters. The Morgan fingerprint density at radius 3 is 2.40 bits per heavy atom.